The van der Waals surface area contributed by atoms with Crippen LogP contribution < -0.4 is 42.4 Å². The van der Waals surface area contributed by atoms with Gasteiger partial charge in [0.15, 0.2) is 0 Å². The van der Waals surface area contributed by atoms with Gasteiger partial charge < -0.3 is 4.48 Å². The fourth-order valence-corrected chi connectivity index (χ4v) is 22.9. The average molecular weight is 2600 g/mol. The van der Waals surface area contributed by atoms with Gasteiger partial charge in [-0.15, -0.1) is 36.4 Å². The van der Waals surface area contributed by atoms with Crippen molar-refractivity contribution in [2.75, 3.05) is 26.2 Å². The molecule has 14 rings (SSSR count). The fourth-order valence-electron chi connectivity index (χ4n) is 11.7. The van der Waals surface area contributed by atoms with Crippen LogP contribution in [0.4, 0.5) is 132 Å². The average Bonchev–Trinajstić information content (AvgIpc) is 0.809. The molecule has 0 heterocycles. The minimum Gasteiger partial charge on any atom is -0.324 e. The molecular weight excluding hydrogens is 2520 g/mol. The molecule has 0 unspecified atom stereocenters. The van der Waals surface area contributed by atoms with Gasteiger partial charge in [-0.2, -0.15) is 31.7 Å². The first-order valence-electron chi connectivity index (χ1n) is 40.9. The standard InChI is InChI=1S/2C25H21P2.C16H36N.6C6F5.3Au/c2*1-5-13-22(14-6-1)26(23-15-7-2-8-16-23)21-27(24-17-9-3-10-18-24)25-19-11-4-12-20-25;1-5-9-13-17(14-10-6-2,15-11-7-3)16-12-8-4;6*7-2-1-3(8)5(10)6(11)4(2)9;;;/h2*1-21H;5-16H2,1-4H3;;;;;;;;;/q2*-1;+1;6*-1;+1;2*+3. The first-order valence-corrected chi connectivity index (χ1v) is 46.5. The van der Waals surface area contributed by atoms with Crippen LogP contribution in [-0.2, 0) is 67.1 Å². The van der Waals surface area contributed by atoms with Crippen LogP contribution >= 0.6 is 31.7 Å². The van der Waals surface area contributed by atoms with Gasteiger partial charge in [-0.05, 0) is 25.7 Å². The van der Waals surface area contributed by atoms with Crippen LogP contribution in [0.15, 0.2) is 243 Å². The van der Waals surface area contributed by atoms with Gasteiger partial charge in [0.05, 0.1) is 201 Å². The molecule has 1 nitrogen and oxygen atoms in total. The summed E-state index contributed by atoms with van der Waals surface area (Å²) in [4.78, 5) is 0. The molecule has 0 N–H and O–H groups in total. The molecule has 0 aliphatic rings. The molecule has 0 aromatic heterocycles. The van der Waals surface area contributed by atoms with E-state index in [9.17, 15) is 132 Å². The zero-order chi connectivity index (χ0) is 101. The predicted molar refractivity (Wildman–Crippen MR) is 475 cm³/mol. The normalized spacial score (nSPS) is 10.6. The van der Waals surface area contributed by atoms with Gasteiger partial charge in [0.25, 0.3) is 0 Å². The van der Waals surface area contributed by atoms with Crippen molar-refractivity contribution in [3.63, 3.8) is 0 Å². The predicted octanol–water partition coefficient (Wildman–Crippen LogP) is 28.8. The Balaban J connectivity index is 0.000000416. The number of hydrogen-bond donors (Lipinski definition) is 0. The maximum atomic E-state index is 12.0. The van der Waals surface area contributed by atoms with Crippen molar-refractivity contribution in [2.24, 2.45) is 0 Å². The number of halogens is 30. The second-order valence-electron chi connectivity index (χ2n) is 28.2. The summed E-state index contributed by atoms with van der Waals surface area (Å²) in [6, 6.07) is 93.5. The van der Waals surface area contributed by atoms with Crippen LogP contribution in [0.25, 0.3) is 0 Å². The maximum Gasteiger partial charge on any atom is 3.00 e. The Morgan fingerprint density at radius 3 is 0.371 bits per heavy atom. The van der Waals surface area contributed by atoms with Crippen molar-refractivity contribution in [1.82, 2.24) is 0 Å². The number of nitrogens with zero attached hydrogens (tertiary/aromatic N) is 1. The van der Waals surface area contributed by atoms with E-state index in [0.717, 1.165) is 36.4 Å². The van der Waals surface area contributed by atoms with Crippen LogP contribution in [0, 0.1) is 223 Å². The van der Waals surface area contributed by atoms with Crippen molar-refractivity contribution < 1.29 is 203 Å². The minimum atomic E-state index is -2.17. The van der Waals surface area contributed by atoms with E-state index in [1.54, 1.807) is 0 Å². The Morgan fingerprint density at radius 2 is 0.279 bits per heavy atom. The van der Waals surface area contributed by atoms with Crippen LogP contribution in [-0.4, -0.2) is 30.7 Å². The van der Waals surface area contributed by atoms with E-state index in [4.69, 9.17) is 0 Å². The number of benzene rings is 14. The maximum absolute atomic E-state index is 12.0. The molecule has 0 bridgehead atoms. The van der Waals surface area contributed by atoms with Gasteiger partial charge in [0, 0.05) is 0 Å². The van der Waals surface area contributed by atoms with Gasteiger partial charge in [0.1, 0.15) is 0 Å². The third-order valence-electron chi connectivity index (χ3n) is 18.6. The van der Waals surface area contributed by atoms with Crippen molar-refractivity contribution in [2.45, 2.75) is 79.1 Å². The third-order valence-corrected chi connectivity index (χ3v) is 29.2. The van der Waals surface area contributed by atoms with E-state index in [1.807, 2.05) is 0 Å². The molecule has 0 spiro atoms. The van der Waals surface area contributed by atoms with E-state index < -0.39 is 206 Å². The number of quaternary nitrogens is 1. The van der Waals surface area contributed by atoms with Gasteiger partial charge in [0.2, 0.25) is 0 Å². The summed E-state index contributed by atoms with van der Waals surface area (Å²) in [5, 5.41) is 11.2. The first-order chi connectivity index (χ1) is 65.3. The second kappa shape index (κ2) is 64.5. The molecular formula is C102H78Au3F30NP4. The summed E-state index contributed by atoms with van der Waals surface area (Å²) < 4.78 is 361. The molecule has 14 aromatic rings. The Morgan fingerprint density at radius 1 is 0.179 bits per heavy atom. The first kappa shape index (κ1) is 125. The molecule has 38 heteroatoms. The Hall–Kier alpha value is -9.12. The van der Waals surface area contributed by atoms with Crippen molar-refractivity contribution in [1.29, 1.82) is 0 Å². The van der Waals surface area contributed by atoms with Gasteiger partial charge >= 0.3 is 67.1 Å². The Bertz CT molecular complexity index is 4890. The molecule has 0 amide bonds. The zero-order valence-electron chi connectivity index (χ0n) is 73.2. The van der Waals surface area contributed by atoms with Crippen LogP contribution in [0.2, 0.25) is 0 Å². The molecule has 0 saturated carbocycles. The van der Waals surface area contributed by atoms with Crippen LogP contribution in [0.1, 0.15) is 79.1 Å². The zero-order valence-corrected chi connectivity index (χ0v) is 83.3. The topological polar surface area (TPSA) is 0 Å². The molecule has 0 saturated heterocycles. The fraction of sp³-hybridized carbons (Fsp3) is 0.157. The molecule has 14 aromatic carbocycles. The van der Waals surface area contributed by atoms with Crippen molar-refractivity contribution >= 4 is 74.1 Å². The van der Waals surface area contributed by atoms with Gasteiger partial charge in [-0.3, -0.25) is 64.5 Å². The van der Waals surface area contributed by atoms with Crippen LogP contribution in [0.3, 0.4) is 0 Å². The van der Waals surface area contributed by atoms with Gasteiger partial charge in [-0.1, -0.05) is 338 Å². The second-order valence-corrected chi connectivity index (χ2v) is 37.2. The number of unbranched alkanes of at least 4 members (excludes halogenated alkanes) is 4. The van der Waals surface area contributed by atoms with Crippen molar-refractivity contribution in [3.8, 4) is 0 Å². The van der Waals surface area contributed by atoms with Crippen LogP contribution in [0.5, 0.6) is 0 Å². The molecule has 0 aliphatic heterocycles. The van der Waals surface area contributed by atoms with E-state index in [2.05, 4.69) is 282 Å². The smallest absolute Gasteiger partial charge is 0.324 e. The number of rotatable bonds is 24. The monoisotopic (exact) mass is 2600 g/mol. The minimum absolute atomic E-state index is 0. The van der Waals surface area contributed by atoms with E-state index >= 15 is 0 Å². The van der Waals surface area contributed by atoms with E-state index in [-0.39, 0.29) is 67.1 Å². The summed E-state index contributed by atoms with van der Waals surface area (Å²) in [5.74, 6) is -55.1. The van der Waals surface area contributed by atoms with Gasteiger partial charge in [-0.25, -0.2) is 79.0 Å². The summed E-state index contributed by atoms with van der Waals surface area (Å²) in [6.07, 6.45) is 11.1. The van der Waals surface area contributed by atoms with Crippen molar-refractivity contribution in [3.05, 3.63) is 465 Å². The summed E-state index contributed by atoms with van der Waals surface area (Å²) >= 11 is 0. The summed E-state index contributed by atoms with van der Waals surface area (Å²) in [6.45, 7) is 15.0. The SMILES string of the molecule is CCCC[N+](CCCC)(CCCC)CCCC.Fc1[c-]c(F)c(F)c(F)c1F.Fc1[c-]c(F)c(F)c(F)c1F.Fc1[c-]c(F)c(F)c(F)c1F.Fc1[c-]c(F)c(F)c(F)c1F.Fc1[c-]c(F)c(F)c(F)c1F.Fc1[c-]c(F)c(F)c(F)c1F.[Au+3].[Au+3].[Au+].c1ccc(P([CH-]P(c2ccccc2)c2ccccc2)c2ccccc2)cc1.c1ccc(P([CH-]P(c2ccccc2)c2ccccc2)c2ccccc2)cc1. The summed E-state index contributed by atoms with van der Waals surface area (Å²) in [7, 11) is -2.13. The third kappa shape index (κ3) is 38.2. The quantitative estimate of drug-likeness (QED) is 0.0108. The molecule has 0 radical (unpaired) electrons. The van der Waals surface area contributed by atoms with E-state index in [0.29, 0.717) is 0 Å². The Labute approximate surface area is 842 Å². The molecule has 140 heavy (non-hydrogen) atoms. The molecule has 754 valence electrons. The molecule has 0 fully saturated rings. The molecule has 0 atom stereocenters. The largest absolute Gasteiger partial charge is 3.00 e. The van der Waals surface area contributed by atoms with E-state index in [1.165, 1.54) is 124 Å². The molecule has 0 aliphatic carbocycles. The summed E-state index contributed by atoms with van der Waals surface area (Å²) in [5.41, 5.74) is 0. The number of hydrogen-bond acceptors (Lipinski definition) is 0. The Kier molecular flexibility index (Phi) is 57.6.